The van der Waals surface area contributed by atoms with E-state index in [1.54, 1.807) is 6.20 Å². The Hall–Kier alpha value is -1.42. The Bertz CT molecular complexity index is 360. The van der Waals surface area contributed by atoms with Crippen LogP contribution in [0, 0.1) is 6.92 Å². The predicted octanol–water partition coefficient (Wildman–Crippen LogP) is 1.04. The van der Waals surface area contributed by atoms with E-state index < -0.39 is 0 Å². The Morgan fingerprint density at radius 2 is 2.20 bits per heavy atom. The third kappa shape index (κ3) is 2.15. The molecule has 0 saturated carbocycles. The van der Waals surface area contributed by atoms with Crippen LogP contribution in [0.4, 0.5) is 5.82 Å². The highest BCUT2D eigenvalue weighted by Gasteiger charge is 2.12. The van der Waals surface area contributed by atoms with Crippen molar-refractivity contribution >= 4 is 12.1 Å². The average Bonchev–Trinajstić information content (AvgIpc) is 2.30. The number of carbonyl (C=O) groups excluding carboxylic acids is 1. The molecule has 0 N–H and O–H groups in total. The van der Waals surface area contributed by atoms with E-state index in [4.69, 9.17) is 4.74 Å². The number of hydrogen-bond donors (Lipinski definition) is 0. The van der Waals surface area contributed by atoms with E-state index >= 15 is 0 Å². The molecular weight excluding hydrogens is 192 g/mol. The first-order chi connectivity index (χ1) is 7.31. The van der Waals surface area contributed by atoms with E-state index in [-0.39, 0.29) is 0 Å². The number of carbonyl (C=O) groups is 1. The summed E-state index contributed by atoms with van der Waals surface area (Å²) in [6.45, 7) is 5.15. The van der Waals surface area contributed by atoms with Crippen molar-refractivity contribution < 1.29 is 9.53 Å². The smallest absolute Gasteiger partial charge is 0.151 e. The predicted molar refractivity (Wildman–Crippen MR) is 57.4 cm³/mol. The van der Waals surface area contributed by atoms with Gasteiger partial charge < -0.3 is 9.64 Å². The molecule has 1 fully saturated rings. The zero-order valence-electron chi connectivity index (χ0n) is 8.77. The summed E-state index contributed by atoms with van der Waals surface area (Å²) in [7, 11) is 0. The fourth-order valence-corrected chi connectivity index (χ4v) is 1.64. The molecule has 0 aromatic carbocycles. The molecule has 0 bridgehead atoms. The molecule has 0 radical (unpaired) electrons. The van der Waals surface area contributed by atoms with Crippen molar-refractivity contribution in [3.63, 3.8) is 0 Å². The maximum absolute atomic E-state index is 10.6. The van der Waals surface area contributed by atoms with Crippen LogP contribution in [0.25, 0.3) is 0 Å². The minimum Gasteiger partial charge on any atom is -0.378 e. The van der Waals surface area contributed by atoms with Gasteiger partial charge in [-0.2, -0.15) is 0 Å². The minimum absolute atomic E-state index is 0.659. The van der Waals surface area contributed by atoms with Gasteiger partial charge in [0.2, 0.25) is 0 Å². The van der Waals surface area contributed by atoms with E-state index in [9.17, 15) is 4.79 Å². The van der Waals surface area contributed by atoms with Gasteiger partial charge >= 0.3 is 0 Å². The fraction of sp³-hybridized carbons (Fsp3) is 0.455. The van der Waals surface area contributed by atoms with Crippen LogP contribution >= 0.6 is 0 Å². The Kier molecular flexibility index (Phi) is 2.97. The second kappa shape index (κ2) is 4.40. The normalized spacial score (nSPS) is 16.5. The van der Waals surface area contributed by atoms with Gasteiger partial charge in [0.15, 0.2) is 6.29 Å². The number of rotatable bonds is 2. The number of aldehydes is 1. The molecular formula is C11H14N2O2. The Labute approximate surface area is 88.9 Å². The lowest BCUT2D eigenvalue weighted by atomic mass is 10.2. The van der Waals surface area contributed by atoms with Gasteiger partial charge in [-0.1, -0.05) is 0 Å². The van der Waals surface area contributed by atoms with Gasteiger partial charge in [-0.3, -0.25) is 4.79 Å². The van der Waals surface area contributed by atoms with Crippen LogP contribution in [-0.2, 0) is 4.74 Å². The van der Waals surface area contributed by atoms with Crippen molar-refractivity contribution in [1.82, 2.24) is 4.98 Å². The molecule has 1 aromatic rings. The number of pyridine rings is 1. The molecule has 0 unspecified atom stereocenters. The average molecular weight is 206 g/mol. The molecule has 15 heavy (non-hydrogen) atoms. The highest BCUT2D eigenvalue weighted by molar-refractivity contribution is 5.77. The van der Waals surface area contributed by atoms with Crippen molar-refractivity contribution in [1.29, 1.82) is 0 Å². The molecule has 0 aliphatic carbocycles. The quantitative estimate of drug-likeness (QED) is 0.678. The lowest BCUT2D eigenvalue weighted by Crippen LogP contribution is -2.36. The van der Waals surface area contributed by atoms with Gasteiger partial charge in [0.1, 0.15) is 5.82 Å². The Morgan fingerprint density at radius 3 is 2.80 bits per heavy atom. The van der Waals surface area contributed by atoms with E-state index in [2.05, 4.69) is 9.88 Å². The standard InChI is InChI=1S/C11H14N2O2/c1-9-6-11(12-7-10(9)8-14)13-2-4-15-5-3-13/h6-8H,2-5H2,1H3. The van der Waals surface area contributed by atoms with Crippen LogP contribution in [0.5, 0.6) is 0 Å². The summed E-state index contributed by atoms with van der Waals surface area (Å²) in [6.07, 6.45) is 2.47. The third-order valence-corrected chi connectivity index (χ3v) is 2.60. The minimum atomic E-state index is 0.659. The first-order valence-corrected chi connectivity index (χ1v) is 5.06. The van der Waals surface area contributed by atoms with Crippen molar-refractivity contribution in [2.24, 2.45) is 0 Å². The van der Waals surface area contributed by atoms with Crippen LogP contribution in [0.1, 0.15) is 15.9 Å². The van der Waals surface area contributed by atoms with Crippen LogP contribution in [-0.4, -0.2) is 37.6 Å². The number of morpholine rings is 1. The molecule has 1 aromatic heterocycles. The summed E-state index contributed by atoms with van der Waals surface area (Å²) in [5.41, 5.74) is 1.63. The number of ether oxygens (including phenoxy) is 1. The van der Waals surface area contributed by atoms with E-state index in [0.29, 0.717) is 5.56 Å². The number of aryl methyl sites for hydroxylation is 1. The summed E-state index contributed by atoms with van der Waals surface area (Å²) in [6, 6.07) is 1.95. The summed E-state index contributed by atoms with van der Waals surface area (Å²) in [4.78, 5) is 17.1. The van der Waals surface area contributed by atoms with Gasteiger partial charge in [-0.25, -0.2) is 4.98 Å². The van der Waals surface area contributed by atoms with E-state index in [1.807, 2.05) is 13.0 Å². The Balaban J connectivity index is 2.21. The molecule has 0 atom stereocenters. The lowest BCUT2D eigenvalue weighted by Gasteiger charge is -2.28. The SMILES string of the molecule is Cc1cc(N2CCOCC2)ncc1C=O. The summed E-state index contributed by atoms with van der Waals surface area (Å²) < 4.78 is 5.27. The topological polar surface area (TPSA) is 42.4 Å². The highest BCUT2D eigenvalue weighted by Crippen LogP contribution is 2.15. The maximum atomic E-state index is 10.6. The maximum Gasteiger partial charge on any atom is 0.151 e. The second-order valence-electron chi connectivity index (χ2n) is 3.62. The van der Waals surface area contributed by atoms with Gasteiger partial charge in [0, 0.05) is 24.8 Å². The molecule has 0 amide bonds. The largest absolute Gasteiger partial charge is 0.378 e. The molecule has 1 aliphatic rings. The molecule has 1 aliphatic heterocycles. The highest BCUT2D eigenvalue weighted by atomic mass is 16.5. The van der Waals surface area contributed by atoms with Crippen molar-refractivity contribution in [2.75, 3.05) is 31.2 Å². The summed E-state index contributed by atoms with van der Waals surface area (Å²) in [5, 5.41) is 0. The zero-order chi connectivity index (χ0) is 10.7. The van der Waals surface area contributed by atoms with Gasteiger partial charge in [-0.15, -0.1) is 0 Å². The van der Waals surface area contributed by atoms with Gasteiger partial charge in [0.05, 0.1) is 13.2 Å². The van der Waals surface area contributed by atoms with Gasteiger partial charge in [0.25, 0.3) is 0 Å². The van der Waals surface area contributed by atoms with Crippen LogP contribution < -0.4 is 4.90 Å². The van der Waals surface area contributed by atoms with Crippen molar-refractivity contribution in [3.05, 3.63) is 23.4 Å². The second-order valence-corrected chi connectivity index (χ2v) is 3.62. The number of nitrogens with zero attached hydrogens (tertiary/aromatic N) is 2. The number of hydrogen-bond acceptors (Lipinski definition) is 4. The van der Waals surface area contributed by atoms with Crippen molar-refractivity contribution in [3.8, 4) is 0 Å². The summed E-state index contributed by atoms with van der Waals surface area (Å²) >= 11 is 0. The molecule has 0 spiro atoms. The van der Waals surface area contributed by atoms with E-state index in [0.717, 1.165) is 44.0 Å². The number of anilines is 1. The summed E-state index contributed by atoms with van der Waals surface area (Å²) in [5.74, 6) is 0.932. The molecule has 4 heteroatoms. The number of aromatic nitrogens is 1. The van der Waals surface area contributed by atoms with Crippen LogP contribution in [0.15, 0.2) is 12.3 Å². The first-order valence-electron chi connectivity index (χ1n) is 5.06. The van der Waals surface area contributed by atoms with Crippen LogP contribution in [0.3, 0.4) is 0 Å². The van der Waals surface area contributed by atoms with Gasteiger partial charge in [-0.05, 0) is 18.6 Å². The fourth-order valence-electron chi connectivity index (χ4n) is 1.64. The Morgan fingerprint density at radius 1 is 1.47 bits per heavy atom. The van der Waals surface area contributed by atoms with Crippen molar-refractivity contribution in [2.45, 2.75) is 6.92 Å². The van der Waals surface area contributed by atoms with Crippen LogP contribution in [0.2, 0.25) is 0 Å². The molecule has 1 saturated heterocycles. The first kappa shape index (κ1) is 10.1. The van der Waals surface area contributed by atoms with E-state index in [1.165, 1.54) is 0 Å². The molecule has 2 rings (SSSR count). The third-order valence-electron chi connectivity index (χ3n) is 2.60. The zero-order valence-corrected chi connectivity index (χ0v) is 8.77. The lowest BCUT2D eigenvalue weighted by molar-refractivity contribution is 0.112. The molecule has 2 heterocycles. The molecule has 4 nitrogen and oxygen atoms in total. The monoisotopic (exact) mass is 206 g/mol. The molecule has 80 valence electrons.